The summed E-state index contributed by atoms with van der Waals surface area (Å²) in [6.45, 7) is 2.69. The number of carbonyl (C=O) groups excluding carboxylic acids is 1. The van der Waals surface area contributed by atoms with E-state index in [9.17, 15) is 4.79 Å². The van der Waals surface area contributed by atoms with Crippen LogP contribution in [0, 0.1) is 9.49 Å². The third kappa shape index (κ3) is 4.61. The molecule has 0 aliphatic heterocycles. The van der Waals surface area contributed by atoms with Gasteiger partial charge in [-0.1, -0.05) is 25.5 Å². The van der Waals surface area contributed by atoms with E-state index in [1.807, 2.05) is 24.3 Å². The van der Waals surface area contributed by atoms with E-state index < -0.39 is 0 Å². The van der Waals surface area contributed by atoms with Crippen molar-refractivity contribution >= 4 is 28.4 Å². The zero-order valence-electron chi connectivity index (χ0n) is 9.58. The molecular formula is C13H18INO. The molecule has 2 N–H and O–H groups in total. The molecule has 0 bridgehead atoms. The van der Waals surface area contributed by atoms with Crippen LogP contribution in [-0.2, 0) is 11.2 Å². The fraction of sp³-hybridized carbons (Fsp3) is 0.462. The minimum Gasteiger partial charge on any atom is -0.330 e. The lowest BCUT2D eigenvalue weighted by atomic mass is 9.96. The molecule has 0 radical (unpaired) electrons. The molecule has 0 spiro atoms. The second-order valence-corrected chi connectivity index (χ2v) is 5.30. The maximum absolute atomic E-state index is 11.8. The van der Waals surface area contributed by atoms with E-state index in [0.29, 0.717) is 31.1 Å². The molecule has 0 saturated heterocycles. The van der Waals surface area contributed by atoms with Crippen molar-refractivity contribution in [2.75, 3.05) is 6.54 Å². The number of halogens is 1. The summed E-state index contributed by atoms with van der Waals surface area (Å²) in [6.07, 6.45) is 2.13. The molecule has 1 aromatic carbocycles. The van der Waals surface area contributed by atoms with E-state index in [1.165, 1.54) is 3.57 Å². The molecule has 0 amide bonds. The number of benzene rings is 1. The first kappa shape index (κ1) is 13.6. The predicted octanol–water partition coefficient (Wildman–Crippen LogP) is 2.78. The van der Waals surface area contributed by atoms with Gasteiger partial charge in [-0.25, -0.2) is 0 Å². The molecule has 0 heterocycles. The smallest absolute Gasteiger partial charge is 0.137 e. The van der Waals surface area contributed by atoms with Crippen molar-refractivity contribution in [1.29, 1.82) is 0 Å². The molecular weight excluding hydrogens is 313 g/mol. The Bertz CT molecular complexity index is 330. The van der Waals surface area contributed by atoms with Crippen LogP contribution in [0.3, 0.4) is 0 Å². The Morgan fingerprint density at radius 1 is 1.38 bits per heavy atom. The number of hydrogen-bond acceptors (Lipinski definition) is 2. The van der Waals surface area contributed by atoms with Gasteiger partial charge in [-0.15, -0.1) is 0 Å². The molecule has 2 nitrogen and oxygen atoms in total. The Kier molecular flexibility index (Phi) is 5.98. The molecule has 1 rings (SSSR count). The summed E-state index contributed by atoms with van der Waals surface area (Å²) < 4.78 is 1.20. The first-order chi connectivity index (χ1) is 7.65. The van der Waals surface area contributed by atoms with Gasteiger partial charge in [0.05, 0.1) is 0 Å². The summed E-state index contributed by atoms with van der Waals surface area (Å²) in [5.41, 5.74) is 6.69. The van der Waals surface area contributed by atoms with Crippen LogP contribution in [0.5, 0.6) is 0 Å². The lowest BCUT2D eigenvalue weighted by Crippen LogP contribution is -2.18. The monoisotopic (exact) mass is 331 g/mol. The topological polar surface area (TPSA) is 43.1 Å². The molecule has 1 aromatic rings. The third-order valence-corrected chi connectivity index (χ3v) is 3.46. The highest BCUT2D eigenvalue weighted by Crippen LogP contribution is 2.11. The maximum Gasteiger partial charge on any atom is 0.137 e. The first-order valence-electron chi connectivity index (χ1n) is 5.62. The van der Waals surface area contributed by atoms with Gasteiger partial charge in [0.15, 0.2) is 0 Å². The summed E-state index contributed by atoms with van der Waals surface area (Å²) in [5, 5.41) is 0. The lowest BCUT2D eigenvalue weighted by molar-refractivity contribution is -0.119. The van der Waals surface area contributed by atoms with Gasteiger partial charge in [0.2, 0.25) is 0 Å². The Hall–Kier alpha value is -0.420. The fourth-order valence-electron chi connectivity index (χ4n) is 1.62. The normalized spacial score (nSPS) is 12.4. The molecule has 0 saturated carbocycles. The van der Waals surface area contributed by atoms with E-state index in [2.05, 4.69) is 29.5 Å². The number of hydrogen-bond donors (Lipinski definition) is 1. The Morgan fingerprint density at radius 2 is 2.00 bits per heavy atom. The van der Waals surface area contributed by atoms with Crippen molar-refractivity contribution < 1.29 is 4.79 Å². The molecule has 0 aromatic heterocycles. The number of nitrogens with two attached hydrogens (primary N) is 1. The lowest BCUT2D eigenvalue weighted by Gasteiger charge is -2.10. The molecule has 1 unspecified atom stereocenters. The number of rotatable bonds is 6. The van der Waals surface area contributed by atoms with Crippen molar-refractivity contribution in [2.45, 2.75) is 26.2 Å². The minimum atomic E-state index is 0.290. The molecule has 3 heteroatoms. The SMILES string of the molecule is CCC(CN)CC(=O)Cc1ccc(I)cc1. The Balaban J connectivity index is 2.48. The number of carbonyl (C=O) groups is 1. The maximum atomic E-state index is 11.8. The van der Waals surface area contributed by atoms with Crippen molar-refractivity contribution in [3.63, 3.8) is 0 Å². The van der Waals surface area contributed by atoms with Crippen LogP contribution in [0.1, 0.15) is 25.3 Å². The molecule has 1 atom stereocenters. The highest BCUT2D eigenvalue weighted by Gasteiger charge is 2.10. The van der Waals surface area contributed by atoms with Crippen LogP contribution in [0.4, 0.5) is 0 Å². The van der Waals surface area contributed by atoms with Crippen LogP contribution in [0.2, 0.25) is 0 Å². The van der Waals surface area contributed by atoms with Crippen LogP contribution >= 0.6 is 22.6 Å². The van der Waals surface area contributed by atoms with Gasteiger partial charge in [0, 0.05) is 16.4 Å². The third-order valence-electron chi connectivity index (χ3n) is 2.74. The van der Waals surface area contributed by atoms with Crippen LogP contribution in [-0.4, -0.2) is 12.3 Å². The largest absolute Gasteiger partial charge is 0.330 e. The van der Waals surface area contributed by atoms with Crippen LogP contribution in [0.15, 0.2) is 24.3 Å². The van der Waals surface area contributed by atoms with Gasteiger partial charge in [0.25, 0.3) is 0 Å². The van der Waals surface area contributed by atoms with E-state index in [4.69, 9.17) is 5.73 Å². The van der Waals surface area contributed by atoms with Crippen LogP contribution in [0.25, 0.3) is 0 Å². The summed E-state index contributed by atoms with van der Waals surface area (Å²) in [6, 6.07) is 8.10. The minimum absolute atomic E-state index is 0.290. The van der Waals surface area contributed by atoms with Crippen molar-refractivity contribution in [1.82, 2.24) is 0 Å². The van der Waals surface area contributed by atoms with E-state index in [0.717, 1.165) is 12.0 Å². The zero-order valence-corrected chi connectivity index (χ0v) is 11.7. The van der Waals surface area contributed by atoms with Gasteiger partial charge in [-0.3, -0.25) is 4.79 Å². The van der Waals surface area contributed by atoms with Gasteiger partial charge in [0.1, 0.15) is 5.78 Å². The average molecular weight is 331 g/mol. The molecule has 0 fully saturated rings. The van der Waals surface area contributed by atoms with Gasteiger partial charge >= 0.3 is 0 Å². The summed E-state index contributed by atoms with van der Waals surface area (Å²) in [5.74, 6) is 0.634. The first-order valence-corrected chi connectivity index (χ1v) is 6.69. The zero-order chi connectivity index (χ0) is 12.0. The number of ketones is 1. The van der Waals surface area contributed by atoms with Crippen LogP contribution < -0.4 is 5.73 Å². The molecule has 16 heavy (non-hydrogen) atoms. The predicted molar refractivity (Wildman–Crippen MR) is 75.3 cm³/mol. The molecule has 0 aliphatic rings. The van der Waals surface area contributed by atoms with Crippen molar-refractivity contribution in [3.05, 3.63) is 33.4 Å². The average Bonchev–Trinajstić information content (AvgIpc) is 2.29. The molecule has 0 aliphatic carbocycles. The summed E-state index contributed by atoms with van der Waals surface area (Å²) >= 11 is 2.26. The van der Waals surface area contributed by atoms with Crippen molar-refractivity contribution in [3.8, 4) is 0 Å². The van der Waals surface area contributed by atoms with Crippen molar-refractivity contribution in [2.24, 2.45) is 11.7 Å². The van der Waals surface area contributed by atoms with E-state index in [-0.39, 0.29) is 0 Å². The van der Waals surface area contributed by atoms with E-state index in [1.54, 1.807) is 0 Å². The second kappa shape index (κ2) is 7.01. The van der Waals surface area contributed by atoms with Gasteiger partial charge in [-0.05, 0) is 52.7 Å². The quantitative estimate of drug-likeness (QED) is 0.815. The molecule has 88 valence electrons. The van der Waals surface area contributed by atoms with Gasteiger partial charge < -0.3 is 5.73 Å². The summed E-state index contributed by atoms with van der Waals surface area (Å²) in [4.78, 5) is 11.8. The highest BCUT2D eigenvalue weighted by molar-refractivity contribution is 14.1. The Labute approximate surface area is 111 Å². The standard InChI is InChI=1S/C13H18INO/c1-2-10(9-15)7-13(16)8-11-3-5-12(14)6-4-11/h3-6,10H,2,7-9,15H2,1H3. The summed E-state index contributed by atoms with van der Waals surface area (Å²) in [7, 11) is 0. The second-order valence-electron chi connectivity index (χ2n) is 4.06. The Morgan fingerprint density at radius 3 is 2.50 bits per heavy atom. The number of Topliss-reactive ketones (excluding diaryl/α,β-unsaturated/α-hetero) is 1. The van der Waals surface area contributed by atoms with E-state index >= 15 is 0 Å². The fourth-order valence-corrected chi connectivity index (χ4v) is 1.98. The highest BCUT2D eigenvalue weighted by atomic mass is 127. The van der Waals surface area contributed by atoms with Gasteiger partial charge in [-0.2, -0.15) is 0 Å².